The summed E-state index contributed by atoms with van der Waals surface area (Å²) < 4.78 is 31.9. The highest BCUT2D eigenvalue weighted by atomic mass is 19.1. The Morgan fingerprint density at radius 2 is 2.12 bits per heavy atom. The normalized spacial score (nSPS) is 11.7. The van der Waals surface area contributed by atoms with Gasteiger partial charge in [0.1, 0.15) is 5.82 Å². The van der Waals surface area contributed by atoms with Gasteiger partial charge in [-0.2, -0.15) is 10.1 Å². The van der Waals surface area contributed by atoms with Crippen LogP contribution in [0.25, 0.3) is 11.0 Å². The molecule has 7 heteroatoms. The first-order valence-electron chi connectivity index (χ1n) is 7.36. The summed E-state index contributed by atoms with van der Waals surface area (Å²) in [4.78, 5) is 8.28. The Bertz CT molecular complexity index is 905. The van der Waals surface area contributed by atoms with E-state index in [9.17, 15) is 8.78 Å². The molecule has 3 aromatic rings. The van der Waals surface area contributed by atoms with Crippen molar-refractivity contribution < 1.29 is 13.5 Å². The average Bonchev–Trinajstić information content (AvgIpc) is 2.94. The maximum absolute atomic E-state index is 13.6. The first kappa shape index (κ1) is 16.0. The van der Waals surface area contributed by atoms with E-state index in [2.05, 4.69) is 26.7 Å². The molecule has 1 aromatic carbocycles. The molecule has 0 aliphatic heterocycles. The number of hydrogen-bond donors (Lipinski definition) is 1. The molecule has 24 heavy (non-hydrogen) atoms. The third-order valence-electron chi connectivity index (χ3n) is 3.69. The molecule has 0 saturated heterocycles. The van der Waals surface area contributed by atoms with Crippen LogP contribution in [0, 0.1) is 11.6 Å². The van der Waals surface area contributed by atoms with Gasteiger partial charge in [-0.15, -0.1) is 6.58 Å². The summed E-state index contributed by atoms with van der Waals surface area (Å²) in [6.07, 6.45) is 4.14. The highest BCUT2D eigenvalue weighted by molar-refractivity contribution is 5.78. The second kappa shape index (κ2) is 5.99. The first-order valence-corrected chi connectivity index (χ1v) is 7.36. The molecule has 0 saturated carbocycles. The molecule has 2 aromatic heterocycles. The van der Waals surface area contributed by atoms with Crippen LogP contribution in [-0.4, -0.2) is 20.2 Å². The van der Waals surface area contributed by atoms with Crippen LogP contribution >= 0.6 is 0 Å². The van der Waals surface area contributed by atoms with Crippen LogP contribution < -0.4 is 4.74 Å². The topological polar surface area (TPSA) is 63.7 Å². The molecule has 0 aliphatic carbocycles. The molecule has 3 rings (SSSR count). The van der Waals surface area contributed by atoms with Gasteiger partial charge in [0.25, 0.3) is 0 Å². The van der Waals surface area contributed by atoms with Gasteiger partial charge >= 0.3 is 6.01 Å². The van der Waals surface area contributed by atoms with Gasteiger partial charge in [-0.05, 0) is 18.6 Å². The highest BCUT2D eigenvalue weighted by Crippen LogP contribution is 2.31. The second-order valence-corrected chi connectivity index (χ2v) is 6.04. The van der Waals surface area contributed by atoms with Crippen molar-refractivity contribution in [3.8, 4) is 11.8 Å². The minimum atomic E-state index is -0.823. The lowest BCUT2D eigenvalue weighted by Crippen LogP contribution is -2.16. The molecular weight excluding hydrogens is 314 g/mol. The lowest BCUT2D eigenvalue weighted by Gasteiger charge is -2.20. The van der Waals surface area contributed by atoms with Crippen molar-refractivity contribution >= 4 is 11.0 Å². The molecule has 124 valence electrons. The fraction of sp³-hybridized carbons (Fsp3) is 0.235. The quantitative estimate of drug-likeness (QED) is 0.709. The van der Waals surface area contributed by atoms with Crippen molar-refractivity contribution in [2.24, 2.45) is 0 Å². The number of nitrogens with one attached hydrogen (secondary N) is 1. The van der Waals surface area contributed by atoms with E-state index >= 15 is 0 Å². The molecule has 0 amide bonds. The average molecular weight is 330 g/mol. The van der Waals surface area contributed by atoms with E-state index in [1.54, 1.807) is 6.20 Å². The Hall–Kier alpha value is -2.83. The summed E-state index contributed by atoms with van der Waals surface area (Å²) in [6.45, 7) is 7.85. The summed E-state index contributed by atoms with van der Waals surface area (Å²) in [6, 6.07) is 2.97. The maximum Gasteiger partial charge on any atom is 0.324 e. The molecule has 0 unspecified atom stereocenters. The van der Waals surface area contributed by atoms with Crippen LogP contribution in [0.1, 0.15) is 26.0 Å². The third-order valence-corrected chi connectivity index (χ3v) is 3.69. The molecule has 0 spiro atoms. The number of halogens is 2. The number of hydrogen-bond acceptors (Lipinski definition) is 4. The van der Waals surface area contributed by atoms with E-state index in [0.717, 1.165) is 29.6 Å². The Morgan fingerprint density at radius 3 is 2.83 bits per heavy atom. The summed E-state index contributed by atoms with van der Waals surface area (Å²) >= 11 is 0. The van der Waals surface area contributed by atoms with E-state index in [1.807, 2.05) is 19.9 Å². The predicted molar refractivity (Wildman–Crippen MR) is 86.0 cm³/mol. The van der Waals surface area contributed by atoms with Crippen LogP contribution in [0.3, 0.4) is 0 Å². The molecule has 1 N–H and O–H groups in total. The summed E-state index contributed by atoms with van der Waals surface area (Å²) in [5.74, 6) is -1.66. The van der Waals surface area contributed by atoms with Gasteiger partial charge in [-0.3, -0.25) is 5.10 Å². The SMILES string of the molecule is C=CCC(C)(C)c1n[nH]c2nc(Oc3ccc(F)cc3F)ncc12. The van der Waals surface area contributed by atoms with E-state index in [1.165, 1.54) is 6.07 Å². The molecular formula is C17H16F2N4O. The number of aromatic nitrogens is 4. The van der Waals surface area contributed by atoms with Crippen molar-refractivity contribution in [2.75, 3.05) is 0 Å². The molecule has 2 heterocycles. The largest absolute Gasteiger partial charge is 0.421 e. The van der Waals surface area contributed by atoms with Gasteiger partial charge in [-0.1, -0.05) is 19.9 Å². The smallest absolute Gasteiger partial charge is 0.324 e. The number of H-pyrrole nitrogens is 1. The van der Waals surface area contributed by atoms with Crippen LogP contribution in [0.15, 0.2) is 37.1 Å². The van der Waals surface area contributed by atoms with E-state index in [4.69, 9.17) is 4.74 Å². The number of ether oxygens (including phenoxy) is 1. The summed E-state index contributed by atoms with van der Waals surface area (Å²) in [7, 11) is 0. The zero-order chi connectivity index (χ0) is 17.3. The number of rotatable bonds is 5. The fourth-order valence-corrected chi connectivity index (χ4v) is 2.47. The molecule has 0 atom stereocenters. The lowest BCUT2D eigenvalue weighted by molar-refractivity contribution is 0.409. The molecule has 0 bridgehead atoms. The van der Waals surface area contributed by atoms with Crippen LogP contribution in [0.2, 0.25) is 0 Å². The van der Waals surface area contributed by atoms with Crippen molar-refractivity contribution in [1.29, 1.82) is 0 Å². The van der Waals surface area contributed by atoms with Crippen molar-refractivity contribution in [3.63, 3.8) is 0 Å². The Balaban J connectivity index is 1.94. The van der Waals surface area contributed by atoms with Gasteiger partial charge in [0.05, 0.1) is 11.1 Å². The third kappa shape index (κ3) is 2.97. The number of nitrogens with zero attached hydrogens (tertiary/aromatic N) is 3. The van der Waals surface area contributed by atoms with Gasteiger partial charge in [0.15, 0.2) is 17.2 Å². The van der Waals surface area contributed by atoms with E-state index < -0.39 is 11.6 Å². The van der Waals surface area contributed by atoms with Gasteiger partial charge < -0.3 is 4.74 Å². The minimum Gasteiger partial charge on any atom is -0.421 e. The Kier molecular flexibility index (Phi) is 4.01. The zero-order valence-electron chi connectivity index (χ0n) is 13.3. The summed E-state index contributed by atoms with van der Waals surface area (Å²) in [5, 5.41) is 7.90. The molecule has 0 radical (unpaired) electrons. The monoisotopic (exact) mass is 330 g/mol. The van der Waals surface area contributed by atoms with Crippen molar-refractivity contribution in [1.82, 2.24) is 20.2 Å². The number of benzene rings is 1. The van der Waals surface area contributed by atoms with Gasteiger partial charge in [0, 0.05) is 17.7 Å². The fourth-order valence-electron chi connectivity index (χ4n) is 2.47. The van der Waals surface area contributed by atoms with E-state index in [0.29, 0.717) is 5.65 Å². The van der Waals surface area contributed by atoms with Gasteiger partial charge in [0.2, 0.25) is 0 Å². The van der Waals surface area contributed by atoms with Crippen LogP contribution in [0.5, 0.6) is 11.8 Å². The second-order valence-electron chi connectivity index (χ2n) is 6.04. The number of fused-ring (bicyclic) bond motifs is 1. The molecule has 0 fully saturated rings. The highest BCUT2D eigenvalue weighted by Gasteiger charge is 2.25. The minimum absolute atomic E-state index is 0.0512. The summed E-state index contributed by atoms with van der Waals surface area (Å²) in [5.41, 5.74) is 1.07. The number of aromatic amines is 1. The maximum atomic E-state index is 13.6. The van der Waals surface area contributed by atoms with Crippen molar-refractivity contribution in [2.45, 2.75) is 25.7 Å². The molecule has 5 nitrogen and oxygen atoms in total. The van der Waals surface area contributed by atoms with Crippen molar-refractivity contribution in [3.05, 3.63) is 54.4 Å². The van der Waals surface area contributed by atoms with E-state index in [-0.39, 0.29) is 17.2 Å². The molecule has 0 aliphatic rings. The first-order chi connectivity index (χ1) is 11.4. The van der Waals surface area contributed by atoms with Crippen LogP contribution in [0.4, 0.5) is 8.78 Å². The van der Waals surface area contributed by atoms with Crippen LogP contribution in [-0.2, 0) is 5.41 Å². The Labute approximate surface area is 137 Å². The lowest BCUT2D eigenvalue weighted by atomic mass is 9.84. The Morgan fingerprint density at radius 1 is 1.33 bits per heavy atom. The predicted octanol–water partition coefficient (Wildman–Crippen LogP) is 4.28. The van der Waals surface area contributed by atoms with Gasteiger partial charge in [-0.25, -0.2) is 13.8 Å². The standard InChI is InChI=1S/C17H16F2N4O/c1-4-7-17(2,3)14-11-9-20-16(21-15(11)23-22-14)24-13-6-5-10(18)8-12(13)19/h4-6,8-9H,1,7H2,2-3H3,(H,20,21,22,23). The number of allylic oxidation sites excluding steroid dienone is 1. The zero-order valence-corrected chi connectivity index (χ0v) is 13.3.